The average molecular weight is 292 g/mol. The van der Waals surface area contributed by atoms with Crippen molar-refractivity contribution < 1.29 is 19.7 Å². The summed E-state index contributed by atoms with van der Waals surface area (Å²) in [5.74, 6) is -0.275. The SMILES string of the molecule is CCCC(C(=O)O)C1(C)CCc2c(cc(C)c(O)c2C)O1. The van der Waals surface area contributed by atoms with Gasteiger partial charge in [0.1, 0.15) is 17.1 Å². The quantitative estimate of drug-likeness (QED) is 0.890. The lowest BCUT2D eigenvalue weighted by Crippen LogP contribution is -2.47. The fraction of sp³-hybridized carbons (Fsp3) is 0.588. The average Bonchev–Trinajstić information content (AvgIpc) is 2.41. The predicted octanol–water partition coefficient (Wildman–Crippen LogP) is 3.59. The summed E-state index contributed by atoms with van der Waals surface area (Å²) >= 11 is 0. The molecule has 1 heterocycles. The number of aromatic hydroxyl groups is 1. The molecule has 0 fully saturated rings. The lowest BCUT2D eigenvalue weighted by atomic mass is 9.78. The Morgan fingerprint density at radius 2 is 2.14 bits per heavy atom. The second kappa shape index (κ2) is 5.58. The molecule has 1 aliphatic heterocycles. The molecular weight excluding hydrogens is 268 g/mol. The van der Waals surface area contributed by atoms with Gasteiger partial charge in [0, 0.05) is 5.56 Å². The number of carboxylic acids is 1. The van der Waals surface area contributed by atoms with Crippen LogP contribution in [-0.2, 0) is 11.2 Å². The minimum absolute atomic E-state index is 0.310. The molecule has 4 nitrogen and oxygen atoms in total. The molecule has 1 aromatic rings. The molecule has 0 bridgehead atoms. The van der Waals surface area contributed by atoms with Gasteiger partial charge in [-0.25, -0.2) is 0 Å². The number of benzene rings is 1. The molecule has 0 amide bonds. The van der Waals surface area contributed by atoms with Gasteiger partial charge in [0.2, 0.25) is 0 Å². The number of fused-ring (bicyclic) bond motifs is 1. The maximum atomic E-state index is 11.6. The summed E-state index contributed by atoms with van der Waals surface area (Å²) in [5, 5.41) is 19.5. The van der Waals surface area contributed by atoms with Crippen molar-refractivity contribution >= 4 is 5.97 Å². The van der Waals surface area contributed by atoms with Crippen LogP contribution in [0.3, 0.4) is 0 Å². The molecule has 21 heavy (non-hydrogen) atoms. The Bertz CT molecular complexity index is 564. The normalized spacial score (nSPS) is 22.3. The second-order valence-corrected chi connectivity index (χ2v) is 6.24. The maximum Gasteiger partial charge on any atom is 0.310 e. The van der Waals surface area contributed by atoms with Gasteiger partial charge in [-0.3, -0.25) is 4.79 Å². The topological polar surface area (TPSA) is 66.8 Å². The van der Waals surface area contributed by atoms with E-state index in [2.05, 4.69) is 0 Å². The number of aliphatic carboxylic acids is 1. The van der Waals surface area contributed by atoms with Gasteiger partial charge in [0.15, 0.2) is 0 Å². The minimum atomic E-state index is -0.796. The summed E-state index contributed by atoms with van der Waals surface area (Å²) in [6.45, 7) is 7.59. The molecular formula is C17H24O4. The predicted molar refractivity (Wildman–Crippen MR) is 81.0 cm³/mol. The van der Waals surface area contributed by atoms with Crippen LogP contribution in [0.25, 0.3) is 0 Å². The molecule has 0 aromatic heterocycles. The van der Waals surface area contributed by atoms with Gasteiger partial charge in [-0.2, -0.15) is 0 Å². The molecule has 2 atom stereocenters. The standard InChI is InChI=1S/C17H24O4/c1-5-6-13(16(19)20)17(4)8-7-12-11(3)15(18)10(2)9-14(12)21-17/h9,13,18H,5-8H2,1-4H3,(H,19,20). The number of carbonyl (C=O) groups is 1. The Hall–Kier alpha value is -1.71. The van der Waals surface area contributed by atoms with Crippen molar-refractivity contribution in [3.63, 3.8) is 0 Å². The number of aryl methyl sites for hydroxylation is 1. The highest BCUT2D eigenvalue weighted by atomic mass is 16.5. The first kappa shape index (κ1) is 15.7. The van der Waals surface area contributed by atoms with Crippen LogP contribution in [0.5, 0.6) is 11.5 Å². The minimum Gasteiger partial charge on any atom is -0.507 e. The Morgan fingerprint density at radius 1 is 1.48 bits per heavy atom. The summed E-state index contributed by atoms with van der Waals surface area (Å²) < 4.78 is 6.12. The van der Waals surface area contributed by atoms with Crippen LogP contribution in [0.15, 0.2) is 6.07 Å². The molecule has 0 aliphatic carbocycles. The van der Waals surface area contributed by atoms with E-state index < -0.39 is 17.5 Å². The van der Waals surface area contributed by atoms with E-state index in [0.29, 0.717) is 18.6 Å². The molecule has 0 radical (unpaired) electrons. The molecule has 2 N–H and O–H groups in total. The Labute approximate surface area is 125 Å². The van der Waals surface area contributed by atoms with Crippen LogP contribution in [-0.4, -0.2) is 21.8 Å². The van der Waals surface area contributed by atoms with Crippen LogP contribution in [0.1, 0.15) is 49.8 Å². The largest absolute Gasteiger partial charge is 0.507 e. The first-order chi connectivity index (χ1) is 9.80. The van der Waals surface area contributed by atoms with Gasteiger partial charge in [-0.1, -0.05) is 13.3 Å². The van der Waals surface area contributed by atoms with Crippen LogP contribution in [0.4, 0.5) is 0 Å². The van der Waals surface area contributed by atoms with Crippen LogP contribution >= 0.6 is 0 Å². The van der Waals surface area contributed by atoms with E-state index >= 15 is 0 Å². The molecule has 2 rings (SSSR count). The van der Waals surface area contributed by atoms with Gasteiger partial charge >= 0.3 is 5.97 Å². The molecule has 1 aromatic carbocycles. The smallest absolute Gasteiger partial charge is 0.310 e. The van der Waals surface area contributed by atoms with Gasteiger partial charge in [-0.15, -0.1) is 0 Å². The third kappa shape index (κ3) is 2.71. The molecule has 1 aliphatic rings. The zero-order chi connectivity index (χ0) is 15.8. The lowest BCUT2D eigenvalue weighted by Gasteiger charge is -2.40. The van der Waals surface area contributed by atoms with Crippen LogP contribution in [0.2, 0.25) is 0 Å². The van der Waals surface area contributed by atoms with Crippen LogP contribution in [0, 0.1) is 19.8 Å². The number of phenols is 1. The van der Waals surface area contributed by atoms with E-state index in [4.69, 9.17) is 4.74 Å². The van der Waals surface area contributed by atoms with Crippen molar-refractivity contribution in [2.24, 2.45) is 5.92 Å². The maximum absolute atomic E-state index is 11.6. The first-order valence-electron chi connectivity index (χ1n) is 7.54. The highest BCUT2D eigenvalue weighted by Gasteiger charge is 2.43. The molecule has 2 unspecified atom stereocenters. The van der Waals surface area contributed by atoms with E-state index in [9.17, 15) is 15.0 Å². The van der Waals surface area contributed by atoms with Crippen molar-refractivity contribution in [3.05, 3.63) is 22.8 Å². The molecule has 0 spiro atoms. The van der Waals surface area contributed by atoms with Crippen molar-refractivity contribution in [3.8, 4) is 11.5 Å². The number of phenolic OH excluding ortho intramolecular Hbond substituents is 1. The summed E-state index contributed by atoms with van der Waals surface area (Å²) in [6, 6.07) is 1.82. The summed E-state index contributed by atoms with van der Waals surface area (Å²) in [6.07, 6.45) is 2.81. The molecule has 116 valence electrons. The second-order valence-electron chi connectivity index (χ2n) is 6.24. The van der Waals surface area contributed by atoms with Gasteiger partial charge in [0.25, 0.3) is 0 Å². The monoisotopic (exact) mass is 292 g/mol. The number of hydrogen-bond acceptors (Lipinski definition) is 3. The van der Waals surface area contributed by atoms with Gasteiger partial charge in [-0.05, 0) is 57.2 Å². The zero-order valence-electron chi connectivity index (χ0n) is 13.2. The van der Waals surface area contributed by atoms with Crippen molar-refractivity contribution in [2.75, 3.05) is 0 Å². The summed E-state index contributed by atoms with van der Waals surface area (Å²) in [5.41, 5.74) is 1.91. The third-order valence-electron chi connectivity index (χ3n) is 4.65. The third-order valence-corrected chi connectivity index (χ3v) is 4.65. The summed E-state index contributed by atoms with van der Waals surface area (Å²) in [7, 11) is 0. The highest BCUT2D eigenvalue weighted by Crippen LogP contribution is 2.43. The fourth-order valence-corrected chi connectivity index (χ4v) is 3.28. The first-order valence-corrected chi connectivity index (χ1v) is 7.54. The number of ether oxygens (including phenoxy) is 1. The van der Waals surface area contributed by atoms with E-state index in [1.807, 2.05) is 33.8 Å². The lowest BCUT2D eigenvalue weighted by molar-refractivity contribution is -0.150. The summed E-state index contributed by atoms with van der Waals surface area (Å²) in [4.78, 5) is 11.6. The van der Waals surface area contributed by atoms with E-state index in [1.165, 1.54) is 0 Å². The van der Waals surface area contributed by atoms with Crippen molar-refractivity contribution in [1.29, 1.82) is 0 Å². The molecule has 0 saturated heterocycles. The van der Waals surface area contributed by atoms with E-state index in [1.54, 1.807) is 0 Å². The Kier molecular flexibility index (Phi) is 4.17. The van der Waals surface area contributed by atoms with Gasteiger partial charge in [0.05, 0.1) is 5.92 Å². The number of hydrogen-bond donors (Lipinski definition) is 2. The Morgan fingerprint density at radius 3 is 2.71 bits per heavy atom. The van der Waals surface area contributed by atoms with Crippen molar-refractivity contribution in [2.45, 2.75) is 59.0 Å². The van der Waals surface area contributed by atoms with E-state index in [0.717, 1.165) is 35.3 Å². The molecule has 4 heteroatoms. The fourth-order valence-electron chi connectivity index (χ4n) is 3.28. The van der Waals surface area contributed by atoms with Crippen LogP contribution < -0.4 is 4.74 Å². The highest BCUT2D eigenvalue weighted by molar-refractivity contribution is 5.72. The number of rotatable bonds is 4. The van der Waals surface area contributed by atoms with Gasteiger partial charge < -0.3 is 14.9 Å². The number of carboxylic acid groups (broad SMARTS) is 1. The van der Waals surface area contributed by atoms with E-state index in [-0.39, 0.29) is 0 Å². The Balaban J connectivity index is 2.40. The zero-order valence-corrected chi connectivity index (χ0v) is 13.2. The molecule has 0 saturated carbocycles. The van der Waals surface area contributed by atoms with Crippen molar-refractivity contribution in [1.82, 2.24) is 0 Å².